The van der Waals surface area contributed by atoms with E-state index in [1.165, 1.54) is 0 Å². The standard InChI is InChI=1S/C28H37N3O5/c1-2-3-4-8-19-25(32)30-28(26(33)31-35,27(34)36-22-15-9-10-16-22)23-17-11-12-18-24(23)29-20-21-13-6-5-7-14-21/h5-7,11-14,17-18,22,29,35H,2-4,8-10,15-16,19-20H2,1H3,(H,30,32)(H,31,33)/t28-/m1/s1. The van der Waals surface area contributed by atoms with E-state index in [0.29, 0.717) is 31.5 Å². The third-order valence-corrected chi connectivity index (χ3v) is 6.57. The average molecular weight is 496 g/mol. The molecule has 0 saturated heterocycles. The first-order valence-electron chi connectivity index (χ1n) is 12.8. The number of benzene rings is 2. The van der Waals surface area contributed by atoms with Gasteiger partial charge in [0.2, 0.25) is 11.4 Å². The van der Waals surface area contributed by atoms with Crippen LogP contribution in [0, 0.1) is 0 Å². The van der Waals surface area contributed by atoms with Crippen LogP contribution >= 0.6 is 0 Å². The van der Waals surface area contributed by atoms with Crippen molar-refractivity contribution < 1.29 is 24.3 Å². The third kappa shape index (κ3) is 6.85. The number of hydroxylamine groups is 1. The number of rotatable bonds is 13. The summed E-state index contributed by atoms with van der Waals surface area (Å²) in [6, 6.07) is 16.4. The first-order valence-corrected chi connectivity index (χ1v) is 12.8. The van der Waals surface area contributed by atoms with Gasteiger partial charge in [0.25, 0.3) is 5.91 Å². The maximum atomic E-state index is 13.7. The summed E-state index contributed by atoms with van der Waals surface area (Å²) in [7, 11) is 0. The van der Waals surface area contributed by atoms with Crippen molar-refractivity contribution >= 4 is 23.5 Å². The first-order chi connectivity index (χ1) is 17.5. The van der Waals surface area contributed by atoms with Crippen molar-refractivity contribution in [2.45, 2.75) is 82.9 Å². The van der Waals surface area contributed by atoms with E-state index >= 15 is 0 Å². The van der Waals surface area contributed by atoms with E-state index in [0.717, 1.165) is 37.7 Å². The van der Waals surface area contributed by atoms with Crippen molar-refractivity contribution in [1.29, 1.82) is 0 Å². The van der Waals surface area contributed by atoms with Crippen LogP contribution in [0.15, 0.2) is 54.6 Å². The molecule has 1 fully saturated rings. The van der Waals surface area contributed by atoms with E-state index in [2.05, 4.69) is 17.6 Å². The van der Waals surface area contributed by atoms with E-state index in [1.54, 1.807) is 29.7 Å². The van der Waals surface area contributed by atoms with Gasteiger partial charge in [-0.1, -0.05) is 74.7 Å². The van der Waals surface area contributed by atoms with Crippen LogP contribution in [0.25, 0.3) is 0 Å². The maximum Gasteiger partial charge on any atom is 0.347 e. The predicted molar refractivity (Wildman–Crippen MR) is 137 cm³/mol. The Hall–Kier alpha value is -3.39. The zero-order valence-electron chi connectivity index (χ0n) is 20.9. The van der Waals surface area contributed by atoms with Gasteiger partial charge in [-0.15, -0.1) is 0 Å². The van der Waals surface area contributed by atoms with Crippen LogP contribution < -0.4 is 16.1 Å². The molecule has 0 bridgehead atoms. The molecule has 1 saturated carbocycles. The lowest BCUT2D eigenvalue weighted by Crippen LogP contribution is -2.62. The summed E-state index contributed by atoms with van der Waals surface area (Å²) >= 11 is 0. The van der Waals surface area contributed by atoms with Crippen molar-refractivity contribution in [3.8, 4) is 0 Å². The number of para-hydroxylation sites is 1. The summed E-state index contributed by atoms with van der Waals surface area (Å²) < 4.78 is 5.76. The Kier molecular flexibility index (Phi) is 10.3. The number of carbonyl (C=O) groups excluding carboxylic acids is 3. The quantitative estimate of drug-likeness (QED) is 0.106. The highest BCUT2D eigenvalue weighted by Gasteiger charge is 2.52. The van der Waals surface area contributed by atoms with Gasteiger partial charge in [0.1, 0.15) is 6.10 Å². The molecular weight excluding hydrogens is 458 g/mol. The van der Waals surface area contributed by atoms with Crippen LogP contribution in [0.3, 0.4) is 0 Å². The summed E-state index contributed by atoms with van der Waals surface area (Å²) in [4.78, 5) is 40.1. The molecule has 194 valence electrons. The number of ether oxygens (including phenoxy) is 1. The van der Waals surface area contributed by atoms with Crippen LogP contribution in [0.2, 0.25) is 0 Å². The highest BCUT2D eigenvalue weighted by molar-refractivity contribution is 6.11. The average Bonchev–Trinajstić information content (AvgIpc) is 3.42. The van der Waals surface area contributed by atoms with Gasteiger partial charge in [0.15, 0.2) is 0 Å². The van der Waals surface area contributed by atoms with Gasteiger partial charge in [-0.3, -0.25) is 14.8 Å². The fourth-order valence-electron chi connectivity index (χ4n) is 4.57. The SMILES string of the molecule is CCCCCCC(=O)N[C@](C(=O)NO)(C(=O)OC1CCCC1)c1ccccc1NCc1ccccc1. The van der Waals surface area contributed by atoms with E-state index in [1.807, 2.05) is 30.3 Å². The van der Waals surface area contributed by atoms with E-state index in [9.17, 15) is 19.6 Å². The minimum absolute atomic E-state index is 0.150. The molecule has 2 amide bonds. The van der Waals surface area contributed by atoms with E-state index < -0.39 is 23.3 Å². The minimum Gasteiger partial charge on any atom is -0.460 e. The molecule has 8 heteroatoms. The molecule has 2 aromatic rings. The van der Waals surface area contributed by atoms with Gasteiger partial charge < -0.3 is 15.4 Å². The van der Waals surface area contributed by atoms with Crippen LogP contribution in [-0.4, -0.2) is 29.1 Å². The number of nitrogens with one attached hydrogen (secondary N) is 3. The Morgan fingerprint density at radius 3 is 2.36 bits per heavy atom. The molecule has 8 nitrogen and oxygen atoms in total. The topological polar surface area (TPSA) is 117 Å². The molecule has 1 aliphatic rings. The second-order valence-electron chi connectivity index (χ2n) is 9.25. The summed E-state index contributed by atoms with van der Waals surface area (Å²) in [6.45, 7) is 2.51. The fourth-order valence-corrected chi connectivity index (χ4v) is 4.57. The van der Waals surface area contributed by atoms with Gasteiger partial charge in [0.05, 0.1) is 0 Å². The van der Waals surface area contributed by atoms with Crippen LogP contribution in [0.5, 0.6) is 0 Å². The van der Waals surface area contributed by atoms with Crippen LogP contribution in [0.4, 0.5) is 5.69 Å². The summed E-state index contributed by atoms with van der Waals surface area (Å²) in [5.41, 5.74) is 1.04. The maximum absolute atomic E-state index is 13.7. The van der Waals surface area contributed by atoms with Gasteiger partial charge >= 0.3 is 5.97 Å². The Labute approximate surface area is 212 Å². The monoisotopic (exact) mass is 495 g/mol. The second kappa shape index (κ2) is 13.6. The minimum atomic E-state index is -2.25. The Morgan fingerprint density at radius 2 is 1.67 bits per heavy atom. The van der Waals surface area contributed by atoms with Gasteiger partial charge in [-0.05, 0) is 43.7 Å². The number of hydrogen-bond donors (Lipinski definition) is 4. The lowest BCUT2D eigenvalue weighted by molar-refractivity contribution is -0.166. The molecule has 0 heterocycles. The normalized spacial score (nSPS) is 15.1. The first kappa shape index (κ1) is 27.2. The molecule has 0 spiro atoms. The van der Waals surface area contributed by atoms with Gasteiger partial charge in [-0.2, -0.15) is 0 Å². The molecule has 36 heavy (non-hydrogen) atoms. The molecule has 4 N–H and O–H groups in total. The summed E-state index contributed by atoms with van der Waals surface area (Å²) in [6.07, 6.45) is 6.56. The smallest absolute Gasteiger partial charge is 0.347 e. The Morgan fingerprint density at radius 1 is 0.972 bits per heavy atom. The van der Waals surface area contributed by atoms with Gasteiger partial charge in [0, 0.05) is 24.2 Å². The van der Waals surface area contributed by atoms with Crippen molar-refractivity contribution in [3.63, 3.8) is 0 Å². The number of unbranched alkanes of at least 4 members (excludes halogenated alkanes) is 3. The largest absolute Gasteiger partial charge is 0.460 e. The lowest BCUT2D eigenvalue weighted by Gasteiger charge is -2.33. The molecule has 0 aromatic heterocycles. The summed E-state index contributed by atoms with van der Waals surface area (Å²) in [5.74, 6) is -2.44. The van der Waals surface area contributed by atoms with E-state index in [4.69, 9.17) is 4.74 Å². The number of amides is 2. The van der Waals surface area contributed by atoms with E-state index in [-0.39, 0.29) is 18.1 Å². The molecule has 0 aliphatic heterocycles. The number of esters is 1. The Bertz CT molecular complexity index is 1010. The molecule has 2 aromatic carbocycles. The second-order valence-corrected chi connectivity index (χ2v) is 9.25. The van der Waals surface area contributed by atoms with Crippen LogP contribution in [-0.2, 0) is 31.2 Å². The molecule has 0 unspecified atom stereocenters. The number of hydrogen-bond acceptors (Lipinski definition) is 6. The zero-order chi connectivity index (χ0) is 25.8. The molecule has 1 atom stereocenters. The molecule has 3 rings (SSSR count). The fraction of sp³-hybridized carbons (Fsp3) is 0.464. The Balaban J connectivity index is 1.97. The number of carbonyl (C=O) groups is 3. The highest BCUT2D eigenvalue weighted by atomic mass is 16.5. The predicted octanol–water partition coefficient (Wildman–Crippen LogP) is 4.57. The molecule has 1 aliphatic carbocycles. The molecular formula is C28H37N3O5. The van der Waals surface area contributed by atoms with Crippen molar-refractivity contribution in [2.24, 2.45) is 0 Å². The highest BCUT2D eigenvalue weighted by Crippen LogP contribution is 2.33. The van der Waals surface area contributed by atoms with Crippen LogP contribution in [0.1, 0.15) is 75.8 Å². The van der Waals surface area contributed by atoms with Gasteiger partial charge in [-0.25, -0.2) is 10.3 Å². The lowest BCUT2D eigenvalue weighted by atomic mass is 9.86. The molecule has 0 radical (unpaired) electrons. The zero-order valence-corrected chi connectivity index (χ0v) is 20.9. The van der Waals surface area contributed by atoms with Crippen molar-refractivity contribution in [1.82, 2.24) is 10.8 Å². The summed E-state index contributed by atoms with van der Waals surface area (Å²) in [5, 5.41) is 15.7. The number of anilines is 1. The van der Waals surface area contributed by atoms with Crippen molar-refractivity contribution in [3.05, 3.63) is 65.7 Å². The van der Waals surface area contributed by atoms with Crippen molar-refractivity contribution in [2.75, 3.05) is 5.32 Å². The third-order valence-electron chi connectivity index (χ3n) is 6.57.